The van der Waals surface area contributed by atoms with Gasteiger partial charge in [0, 0.05) is 28.7 Å². The predicted octanol–water partition coefficient (Wildman–Crippen LogP) is 4.96. The minimum absolute atomic E-state index is 0.0406. The van der Waals surface area contributed by atoms with Crippen LogP contribution in [0.15, 0.2) is 22.7 Å². The number of alkyl halides is 3. The van der Waals surface area contributed by atoms with Crippen LogP contribution in [0.5, 0.6) is 0 Å². The molecule has 0 bridgehead atoms. The Morgan fingerprint density at radius 3 is 2.45 bits per heavy atom. The maximum absolute atomic E-state index is 12.2. The van der Waals surface area contributed by atoms with Gasteiger partial charge in [0.25, 0.3) is 0 Å². The first-order valence-corrected chi connectivity index (χ1v) is 7.32. The number of nitrogens with two attached hydrogens (primary N) is 1. The maximum Gasteiger partial charge on any atom is 0.389 e. The van der Waals surface area contributed by atoms with Crippen molar-refractivity contribution in [2.75, 3.05) is 11.9 Å². The summed E-state index contributed by atoms with van der Waals surface area (Å²) in [7, 11) is 0. The molecule has 0 aliphatic carbocycles. The van der Waals surface area contributed by atoms with Crippen molar-refractivity contribution in [1.29, 1.82) is 0 Å². The molecule has 1 atom stereocenters. The lowest BCUT2D eigenvalue weighted by Crippen LogP contribution is -2.42. The summed E-state index contributed by atoms with van der Waals surface area (Å²) in [6.07, 6.45) is -4.55. The fourth-order valence-electron chi connectivity index (χ4n) is 1.82. The van der Waals surface area contributed by atoms with Gasteiger partial charge in [-0.15, -0.1) is 0 Å². The molecule has 114 valence electrons. The Bertz CT molecular complexity index is 454. The number of benzene rings is 1. The normalized spacial score (nSPS) is 14.9. The molecule has 0 spiro atoms. The highest BCUT2D eigenvalue weighted by Crippen LogP contribution is 2.29. The Balaban J connectivity index is 2.66. The number of halogens is 5. The van der Waals surface area contributed by atoms with Crippen LogP contribution in [0.1, 0.15) is 26.2 Å². The van der Waals surface area contributed by atoms with Crippen molar-refractivity contribution in [3.63, 3.8) is 0 Å². The molecule has 0 saturated heterocycles. The third-order valence-corrected chi connectivity index (χ3v) is 4.22. The molecule has 0 fully saturated rings. The standard InChI is InChI=1S/C13H17BrClF3N2/c1-12(8-19,5-2-6-13(16,17)18)20-9-3-4-11(15)10(14)7-9/h3-4,7,20H,2,5-6,8,19H2,1H3. The predicted molar refractivity (Wildman–Crippen MR) is 80.1 cm³/mol. The first-order valence-electron chi connectivity index (χ1n) is 6.15. The van der Waals surface area contributed by atoms with E-state index in [1.165, 1.54) is 0 Å². The van der Waals surface area contributed by atoms with Gasteiger partial charge >= 0.3 is 6.18 Å². The zero-order chi connectivity index (χ0) is 15.4. The van der Waals surface area contributed by atoms with Crippen molar-refractivity contribution >= 4 is 33.2 Å². The van der Waals surface area contributed by atoms with Gasteiger partial charge < -0.3 is 11.1 Å². The Hall–Kier alpha value is -0.460. The Morgan fingerprint density at radius 1 is 1.30 bits per heavy atom. The summed E-state index contributed by atoms with van der Waals surface area (Å²) in [5.41, 5.74) is 5.87. The van der Waals surface area contributed by atoms with E-state index in [4.69, 9.17) is 17.3 Å². The molecule has 0 radical (unpaired) electrons. The molecule has 1 rings (SSSR count). The summed E-state index contributed by atoms with van der Waals surface area (Å²) < 4.78 is 37.3. The zero-order valence-electron chi connectivity index (χ0n) is 11.0. The highest BCUT2D eigenvalue weighted by Gasteiger charge is 2.29. The summed E-state index contributed by atoms with van der Waals surface area (Å²) in [6, 6.07) is 5.26. The Kier molecular flexibility index (Phi) is 6.16. The molecule has 1 unspecified atom stereocenters. The molecular formula is C13H17BrClF3N2. The second-order valence-corrected chi connectivity index (χ2v) is 6.25. The van der Waals surface area contributed by atoms with Crippen LogP contribution in [-0.4, -0.2) is 18.3 Å². The van der Waals surface area contributed by atoms with Crippen LogP contribution in [0.3, 0.4) is 0 Å². The molecule has 7 heteroatoms. The summed E-state index contributed by atoms with van der Waals surface area (Å²) in [4.78, 5) is 0. The SMILES string of the molecule is CC(CN)(CCCC(F)(F)F)Nc1ccc(Cl)c(Br)c1. The average Bonchev–Trinajstić information content (AvgIpc) is 2.32. The van der Waals surface area contributed by atoms with Crippen LogP contribution in [0, 0.1) is 0 Å². The Labute approximate surface area is 130 Å². The second-order valence-electron chi connectivity index (χ2n) is 4.99. The van der Waals surface area contributed by atoms with Crippen molar-refractivity contribution in [2.45, 2.75) is 37.9 Å². The maximum atomic E-state index is 12.2. The van der Waals surface area contributed by atoms with Crippen molar-refractivity contribution in [3.8, 4) is 0 Å². The van der Waals surface area contributed by atoms with Crippen molar-refractivity contribution in [3.05, 3.63) is 27.7 Å². The highest BCUT2D eigenvalue weighted by atomic mass is 79.9. The summed E-state index contributed by atoms with van der Waals surface area (Å²) in [6.45, 7) is 2.05. The molecule has 0 heterocycles. The van der Waals surface area contributed by atoms with Gasteiger partial charge in [0.1, 0.15) is 0 Å². The first-order chi connectivity index (χ1) is 9.15. The van der Waals surface area contributed by atoms with Crippen LogP contribution in [0.4, 0.5) is 18.9 Å². The lowest BCUT2D eigenvalue weighted by Gasteiger charge is -2.31. The molecule has 20 heavy (non-hydrogen) atoms. The first kappa shape index (κ1) is 17.6. The van der Waals surface area contributed by atoms with E-state index in [1.54, 1.807) is 18.2 Å². The number of nitrogens with one attached hydrogen (secondary N) is 1. The van der Waals surface area contributed by atoms with Gasteiger partial charge in [0.2, 0.25) is 0 Å². The molecule has 0 aliphatic rings. The molecule has 2 nitrogen and oxygen atoms in total. The molecule has 0 amide bonds. The molecule has 0 saturated carbocycles. The van der Waals surface area contributed by atoms with Crippen LogP contribution < -0.4 is 11.1 Å². The molecule has 0 aromatic heterocycles. The Morgan fingerprint density at radius 2 is 1.95 bits per heavy atom. The average molecular weight is 374 g/mol. The van der Waals surface area contributed by atoms with E-state index in [0.29, 0.717) is 11.4 Å². The monoisotopic (exact) mass is 372 g/mol. The molecule has 1 aromatic rings. The summed E-state index contributed by atoms with van der Waals surface area (Å²) in [5, 5.41) is 3.75. The quantitative estimate of drug-likeness (QED) is 0.739. The lowest BCUT2D eigenvalue weighted by molar-refractivity contribution is -0.136. The van der Waals surface area contributed by atoms with Gasteiger partial charge in [0.15, 0.2) is 0 Å². The summed E-state index contributed by atoms with van der Waals surface area (Å²) >= 11 is 9.20. The van der Waals surface area contributed by atoms with Gasteiger partial charge in [-0.25, -0.2) is 0 Å². The second kappa shape index (κ2) is 7.00. The third kappa shape index (κ3) is 5.89. The largest absolute Gasteiger partial charge is 0.389 e. The van der Waals surface area contributed by atoms with Crippen molar-refractivity contribution < 1.29 is 13.2 Å². The number of hydrogen-bond donors (Lipinski definition) is 2. The summed E-state index contributed by atoms with van der Waals surface area (Å²) in [5.74, 6) is 0. The number of rotatable bonds is 6. The molecule has 0 aliphatic heterocycles. The van der Waals surface area contributed by atoms with Gasteiger partial charge in [-0.2, -0.15) is 13.2 Å². The van der Waals surface area contributed by atoms with Crippen LogP contribution in [0.25, 0.3) is 0 Å². The van der Waals surface area contributed by atoms with Gasteiger partial charge in [-0.05, 0) is 53.9 Å². The van der Waals surface area contributed by atoms with E-state index < -0.39 is 18.1 Å². The molecule has 3 N–H and O–H groups in total. The lowest BCUT2D eigenvalue weighted by atomic mass is 9.94. The third-order valence-electron chi connectivity index (χ3n) is 3.01. The van der Waals surface area contributed by atoms with Crippen molar-refractivity contribution in [1.82, 2.24) is 0 Å². The van der Waals surface area contributed by atoms with E-state index in [-0.39, 0.29) is 13.0 Å². The fraction of sp³-hybridized carbons (Fsp3) is 0.538. The van der Waals surface area contributed by atoms with E-state index >= 15 is 0 Å². The highest BCUT2D eigenvalue weighted by molar-refractivity contribution is 9.10. The minimum Gasteiger partial charge on any atom is -0.379 e. The van der Waals surface area contributed by atoms with Gasteiger partial charge in [-0.3, -0.25) is 0 Å². The van der Waals surface area contributed by atoms with E-state index in [0.717, 1.165) is 10.2 Å². The van der Waals surface area contributed by atoms with Crippen LogP contribution >= 0.6 is 27.5 Å². The number of anilines is 1. The molecular weight excluding hydrogens is 357 g/mol. The van der Waals surface area contributed by atoms with E-state index in [9.17, 15) is 13.2 Å². The smallest absolute Gasteiger partial charge is 0.379 e. The topological polar surface area (TPSA) is 38.0 Å². The fourth-order valence-corrected chi connectivity index (χ4v) is 2.31. The number of hydrogen-bond acceptors (Lipinski definition) is 2. The van der Waals surface area contributed by atoms with Gasteiger partial charge in [0.05, 0.1) is 5.02 Å². The van der Waals surface area contributed by atoms with Gasteiger partial charge in [-0.1, -0.05) is 11.6 Å². The van der Waals surface area contributed by atoms with Crippen LogP contribution in [0.2, 0.25) is 5.02 Å². The van der Waals surface area contributed by atoms with Crippen molar-refractivity contribution in [2.24, 2.45) is 5.73 Å². The minimum atomic E-state index is -4.13. The zero-order valence-corrected chi connectivity index (χ0v) is 13.4. The van der Waals surface area contributed by atoms with Crippen LogP contribution in [-0.2, 0) is 0 Å². The van der Waals surface area contributed by atoms with E-state index in [2.05, 4.69) is 21.2 Å². The molecule has 1 aromatic carbocycles. The van der Waals surface area contributed by atoms with E-state index in [1.807, 2.05) is 6.92 Å².